The molecule has 7 heteroatoms. The molecule has 0 saturated carbocycles. The minimum Gasteiger partial charge on any atom is -0.368 e. The van der Waals surface area contributed by atoms with Crippen LogP contribution >= 0.6 is 11.6 Å². The molecule has 24 heavy (non-hydrogen) atoms. The highest BCUT2D eigenvalue weighted by molar-refractivity contribution is 6.30. The van der Waals surface area contributed by atoms with E-state index in [1.54, 1.807) is 24.3 Å². The Bertz CT molecular complexity index is 810. The van der Waals surface area contributed by atoms with Crippen LogP contribution in [0.2, 0.25) is 5.02 Å². The third-order valence-electron chi connectivity index (χ3n) is 3.32. The highest BCUT2D eigenvalue weighted by atomic mass is 35.5. The van der Waals surface area contributed by atoms with Gasteiger partial charge in [-0.2, -0.15) is 10.1 Å². The fourth-order valence-electron chi connectivity index (χ4n) is 2.13. The Morgan fingerprint density at radius 3 is 2.62 bits per heavy atom. The molecule has 0 atom stereocenters. The van der Waals surface area contributed by atoms with Gasteiger partial charge in [0.1, 0.15) is 5.82 Å². The first-order chi connectivity index (χ1) is 11.7. The average Bonchev–Trinajstić information content (AvgIpc) is 2.59. The molecule has 0 saturated heterocycles. The van der Waals surface area contributed by atoms with Gasteiger partial charge in [0.2, 0.25) is 5.95 Å². The summed E-state index contributed by atoms with van der Waals surface area (Å²) in [6.45, 7) is 0.542. The number of nitrogens with zero attached hydrogens (tertiary/aromatic N) is 3. The average molecular weight is 344 g/mol. The Balaban J connectivity index is 1.59. The lowest BCUT2D eigenvalue weighted by Crippen LogP contribution is -2.09. The molecule has 0 aliphatic carbocycles. The summed E-state index contributed by atoms with van der Waals surface area (Å²) in [6.07, 6.45) is 2.07. The Kier molecular flexibility index (Phi) is 5.18. The summed E-state index contributed by atoms with van der Waals surface area (Å²) < 4.78 is 13.6. The van der Waals surface area contributed by atoms with Gasteiger partial charge in [0.25, 0.3) is 0 Å². The minimum absolute atomic E-state index is 0.204. The van der Waals surface area contributed by atoms with Crippen LogP contribution in [0.5, 0.6) is 0 Å². The fourth-order valence-corrected chi connectivity index (χ4v) is 2.26. The predicted octanol–water partition coefficient (Wildman–Crippen LogP) is 4.06. The van der Waals surface area contributed by atoms with E-state index in [1.165, 1.54) is 12.3 Å². The Morgan fingerprint density at radius 2 is 1.83 bits per heavy atom. The predicted molar refractivity (Wildman–Crippen MR) is 93.2 cm³/mol. The van der Waals surface area contributed by atoms with E-state index in [9.17, 15) is 4.39 Å². The zero-order valence-electron chi connectivity index (χ0n) is 12.7. The maximum Gasteiger partial charge on any atom is 0.249 e. The zero-order chi connectivity index (χ0) is 16.8. The van der Waals surface area contributed by atoms with Crippen molar-refractivity contribution in [3.8, 4) is 0 Å². The number of benzene rings is 2. The summed E-state index contributed by atoms with van der Waals surface area (Å²) in [5.74, 6) is 0.733. The Hall–Kier alpha value is -2.73. The molecular formula is C17H15ClFN5. The van der Waals surface area contributed by atoms with Crippen LogP contribution in [0.4, 0.5) is 21.8 Å². The number of nitrogens with one attached hydrogen (secondary N) is 2. The molecule has 3 rings (SSSR count). The van der Waals surface area contributed by atoms with E-state index in [0.717, 1.165) is 5.69 Å². The quantitative estimate of drug-likeness (QED) is 0.706. The minimum atomic E-state index is -0.204. The molecule has 1 aromatic heterocycles. The van der Waals surface area contributed by atoms with Gasteiger partial charge in [0.15, 0.2) is 5.82 Å². The number of halogens is 2. The molecule has 0 amide bonds. The Morgan fingerprint density at radius 1 is 1.04 bits per heavy atom. The largest absolute Gasteiger partial charge is 0.368 e. The van der Waals surface area contributed by atoms with Crippen molar-refractivity contribution in [1.29, 1.82) is 0 Å². The van der Waals surface area contributed by atoms with Crippen LogP contribution in [0.15, 0.2) is 54.7 Å². The first kappa shape index (κ1) is 16.1. The van der Waals surface area contributed by atoms with Gasteiger partial charge in [-0.1, -0.05) is 29.8 Å². The van der Waals surface area contributed by atoms with Gasteiger partial charge in [-0.3, -0.25) is 0 Å². The molecule has 0 fully saturated rings. The van der Waals surface area contributed by atoms with Crippen molar-refractivity contribution in [2.24, 2.45) is 0 Å². The third-order valence-corrected chi connectivity index (χ3v) is 3.57. The SMILES string of the molecule is Fc1ccccc1CCNc1cnnc(Nc2ccc(Cl)cc2)n1. The third kappa shape index (κ3) is 4.39. The topological polar surface area (TPSA) is 62.7 Å². The molecule has 3 aromatic rings. The number of hydrogen-bond acceptors (Lipinski definition) is 5. The van der Waals surface area contributed by atoms with Crippen LogP contribution < -0.4 is 10.6 Å². The van der Waals surface area contributed by atoms with Crippen molar-refractivity contribution < 1.29 is 4.39 Å². The van der Waals surface area contributed by atoms with Crippen LogP contribution in [0.1, 0.15) is 5.56 Å². The highest BCUT2D eigenvalue weighted by Crippen LogP contribution is 2.17. The van der Waals surface area contributed by atoms with Crippen molar-refractivity contribution in [2.45, 2.75) is 6.42 Å². The van der Waals surface area contributed by atoms with Crippen LogP contribution in [0.25, 0.3) is 0 Å². The molecule has 0 unspecified atom stereocenters. The second kappa shape index (κ2) is 7.70. The number of hydrogen-bond donors (Lipinski definition) is 2. The first-order valence-electron chi connectivity index (χ1n) is 7.40. The van der Waals surface area contributed by atoms with Gasteiger partial charge in [-0.15, -0.1) is 5.10 Å². The first-order valence-corrected chi connectivity index (χ1v) is 7.78. The lowest BCUT2D eigenvalue weighted by atomic mass is 10.1. The van der Waals surface area contributed by atoms with Crippen LogP contribution in [-0.4, -0.2) is 21.7 Å². The second-order valence-corrected chi connectivity index (χ2v) is 5.50. The van der Waals surface area contributed by atoms with Gasteiger partial charge in [0.05, 0.1) is 6.20 Å². The smallest absolute Gasteiger partial charge is 0.249 e. The van der Waals surface area contributed by atoms with Gasteiger partial charge >= 0.3 is 0 Å². The normalized spacial score (nSPS) is 10.4. The number of aromatic nitrogens is 3. The molecule has 5 nitrogen and oxygen atoms in total. The lowest BCUT2D eigenvalue weighted by molar-refractivity contribution is 0.610. The van der Waals surface area contributed by atoms with Crippen molar-refractivity contribution in [2.75, 3.05) is 17.2 Å². The summed E-state index contributed by atoms with van der Waals surface area (Å²) >= 11 is 5.85. The van der Waals surface area contributed by atoms with E-state index in [-0.39, 0.29) is 5.82 Å². The molecule has 0 spiro atoms. The van der Waals surface area contributed by atoms with Crippen LogP contribution in [0.3, 0.4) is 0 Å². The summed E-state index contributed by atoms with van der Waals surface area (Å²) in [5, 5.41) is 14.7. The standard InChI is InChI=1S/C17H15ClFN5/c18-13-5-7-14(8-6-13)22-17-23-16(11-21-24-17)20-10-9-12-3-1-2-4-15(12)19/h1-8,11H,9-10H2,(H2,20,22,23,24). The molecule has 0 aliphatic rings. The monoisotopic (exact) mass is 343 g/mol. The van der Waals surface area contributed by atoms with Crippen LogP contribution in [0, 0.1) is 5.82 Å². The molecule has 2 N–H and O–H groups in total. The molecule has 0 aliphatic heterocycles. The molecule has 0 radical (unpaired) electrons. The van der Waals surface area contributed by atoms with Crippen molar-refractivity contribution in [3.05, 3.63) is 71.1 Å². The van der Waals surface area contributed by atoms with E-state index in [1.807, 2.05) is 18.2 Å². The Labute approximate surface area is 143 Å². The van der Waals surface area contributed by atoms with Crippen molar-refractivity contribution >= 4 is 29.1 Å². The molecule has 0 bridgehead atoms. The van der Waals surface area contributed by atoms with Gasteiger partial charge in [-0.05, 0) is 42.3 Å². The maximum atomic E-state index is 13.6. The number of anilines is 3. The maximum absolute atomic E-state index is 13.6. The van der Waals surface area contributed by atoms with E-state index in [2.05, 4.69) is 25.8 Å². The van der Waals surface area contributed by atoms with E-state index >= 15 is 0 Å². The summed E-state index contributed by atoms with van der Waals surface area (Å²) in [7, 11) is 0. The van der Waals surface area contributed by atoms with Gasteiger partial charge in [0, 0.05) is 17.3 Å². The van der Waals surface area contributed by atoms with Gasteiger partial charge in [-0.25, -0.2) is 4.39 Å². The van der Waals surface area contributed by atoms with Gasteiger partial charge < -0.3 is 10.6 Å². The van der Waals surface area contributed by atoms with E-state index in [4.69, 9.17) is 11.6 Å². The van der Waals surface area contributed by atoms with Crippen molar-refractivity contribution in [3.63, 3.8) is 0 Å². The fraction of sp³-hybridized carbons (Fsp3) is 0.118. The molecule has 1 heterocycles. The lowest BCUT2D eigenvalue weighted by Gasteiger charge is -2.08. The molecular weight excluding hydrogens is 329 g/mol. The van der Waals surface area contributed by atoms with E-state index in [0.29, 0.717) is 35.3 Å². The summed E-state index contributed by atoms with van der Waals surface area (Å²) in [4.78, 5) is 4.32. The highest BCUT2D eigenvalue weighted by Gasteiger charge is 2.03. The summed E-state index contributed by atoms with van der Waals surface area (Å²) in [5.41, 5.74) is 1.47. The number of rotatable bonds is 6. The second-order valence-electron chi connectivity index (χ2n) is 5.07. The molecule has 122 valence electrons. The van der Waals surface area contributed by atoms with Crippen LogP contribution in [-0.2, 0) is 6.42 Å². The van der Waals surface area contributed by atoms with E-state index < -0.39 is 0 Å². The molecule has 2 aromatic carbocycles. The summed E-state index contributed by atoms with van der Waals surface area (Å²) in [6, 6.07) is 13.9. The zero-order valence-corrected chi connectivity index (χ0v) is 13.5. The van der Waals surface area contributed by atoms with Crippen molar-refractivity contribution in [1.82, 2.24) is 15.2 Å².